The first kappa shape index (κ1) is 17.7. The van der Waals surface area contributed by atoms with Crippen LogP contribution in [0, 0.1) is 0 Å². The maximum Gasteiger partial charge on any atom is 0.255 e. The fraction of sp³-hybridized carbons (Fsp3) is 0.316. The Morgan fingerprint density at radius 1 is 1.00 bits per heavy atom. The van der Waals surface area contributed by atoms with Gasteiger partial charge in [-0.05, 0) is 42.7 Å². The number of carbonyl (C=O) groups is 1. The monoisotopic (exact) mass is 329 g/mol. The van der Waals surface area contributed by atoms with Crippen molar-refractivity contribution in [3.63, 3.8) is 0 Å². The molecule has 0 saturated carbocycles. The lowest BCUT2D eigenvalue weighted by Gasteiger charge is -2.12. The normalized spacial score (nSPS) is 10.1. The molecule has 5 nitrogen and oxygen atoms in total. The van der Waals surface area contributed by atoms with Gasteiger partial charge in [0.05, 0.1) is 26.9 Å². The van der Waals surface area contributed by atoms with Gasteiger partial charge in [-0.15, -0.1) is 0 Å². The number of hydrogen-bond acceptors (Lipinski definition) is 4. The number of amides is 1. The second-order valence-electron chi connectivity index (χ2n) is 5.25. The van der Waals surface area contributed by atoms with Crippen molar-refractivity contribution in [2.75, 3.05) is 27.9 Å². The van der Waals surface area contributed by atoms with E-state index in [1.165, 1.54) is 12.7 Å². The molecule has 0 aliphatic carbocycles. The number of ether oxygens (including phenoxy) is 3. The smallest absolute Gasteiger partial charge is 0.255 e. The molecular formula is C19H23NO4. The minimum atomic E-state index is -0.170. The van der Waals surface area contributed by atoms with E-state index >= 15 is 0 Å². The summed E-state index contributed by atoms with van der Waals surface area (Å²) in [5.74, 6) is 1.67. The Balaban J connectivity index is 1.89. The Labute approximate surface area is 142 Å². The van der Waals surface area contributed by atoms with Crippen LogP contribution < -0.4 is 19.5 Å². The topological polar surface area (TPSA) is 56.8 Å². The van der Waals surface area contributed by atoms with Crippen LogP contribution in [0.5, 0.6) is 17.2 Å². The largest absolute Gasteiger partial charge is 0.497 e. The number of methoxy groups -OCH3 is 3. The van der Waals surface area contributed by atoms with Gasteiger partial charge in [0.2, 0.25) is 0 Å². The zero-order valence-electron chi connectivity index (χ0n) is 14.3. The van der Waals surface area contributed by atoms with Crippen molar-refractivity contribution >= 4 is 5.91 Å². The number of rotatable bonds is 8. The van der Waals surface area contributed by atoms with E-state index in [-0.39, 0.29) is 5.91 Å². The van der Waals surface area contributed by atoms with E-state index in [2.05, 4.69) is 11.4 Å². The molecule has 2 rings (SSSR count). The molecule has 0 aliphatic heterocycles. The Bertz CT molecular complexity index is 685. The fourth-order valence-corrected chi connectivity index (χ4v) is 2.48. The first-order valence-corrected chi connectivity index (χ1v) is 7.81. The summed E-state index contributed by atoms with van der Waals surface area (Å²) in [6, 6.07) is 13.2. The summed E-state index contributed by atoms with van der Waals surface area (Å²) in [6.07, 6.45) is 1.71. The highest BCUT2D eigenvalue weighted by atomic mass is 16.5. The van der Waals surface area contributed by atoms with E-state index in [1.54, 1.807) is 32.4 Å². The van der Waals surface area contributed by atoms with Crippen LogP contribution in [0.4, 0.5) is 0 Å². The van der Waals surface area contributed by atoms with Crippen molar-refractivity contribution in [3.8, 4) is 17.2 Å². The highest BCUT2D eigenvalue weighted by molar-refractivity contribution is 5.97. The van der Waals surface area contributed by atoms with Crippen LogP contribution in [0.1, 0.15) is 22.3 Å². The van der Waals surface area contributed by atoms with Crippen molar-refractivity contribution < 1.29 is 19.0 Å². The van der Waals surface area contributed by atoms with Crippen LogP contribution >= 0.6 is 0 Å². The summed E-state index contributed by atoms with van der Waals surface area (Å²) in [5.41, 5.74) is 1.65. The summed E-state index contributed by atoms with van der Waals surface area (Å²) in [7, 11) is 4.73. The van der Waals surface area contributed by atoms with Gasteiger partial charge in [-0.1, -0.05) is 18.2 Å². The quantitative estimate of drug-likeness (QED) is 0.756. The van der Waals surface area contributed by atoms with Crippen molar-refractivity contribution in [2.45, 2.75) is 12.8 Å². The summed E-state index contributed by atoms with van der Waals surface area (Å²) in [6.45, 7) is 0.580. The average Bonchev–Trinajstić information content (AvgIpc) is 2.64. The lowest BCUT2D eigenvalue weighted by Crippen LogP contribution is -2.25. The van der Waals surface area contributed by atoms with Gasteiger partial charge in [0, 0.05) is 6.54 Å². The molecule has 1 amide bonds. The van der Waals surface area contributed by atoms with Gasteiger partial charge >= 0.3 is 0 Å². The molecule has 1 N–H and O–H groups in total. The molecule has 5 heteroatoms. The van der Waals surface area contributed by atoms with Crippen LogP contribution in [0.2, 0.25) is 0 Å². The molecule has 0 heterocycles. The maximum atomic E-state index is 12.3. The number of nitrogens with one attached hydrogen (secondary N) is 1. The lowest BCUT2D eigenvalue weighted by molar-refractivity contribution is 0.0949. The fourth-order valence-electron chi connectivity index (χ4n) is 2.48. The summed E-state index contributed by atoms with van der Waals surface area (Å²) < 4.78 is 15.7. The molecule has 24 heavy (non-hydrogen) atoms. The van der Waals surface area contributed by atoms with Gasteiger partial charge in [-0.3, -0.25) is 4.79 Å². The molecule has 128 valence electrons. The minimum Gasteiger partial charge on any atom is -0.497 e. The molecule has 0 aliphatic rings. The van der Waals surface area contributed by atoms with Gasteiger partial charge in [-0.25, -0.2) is 0 Å². The minimum absolute atomic E-state index is 0.170. The lowest BCUT2D eigenvalue weighted by atomic mass is 10.1. The summed E-state index contributed by atoms with van der Waals surface area (Å²) in [4.78, 5) is 12.3. The number of para-hydroxylation sites is 1. The van der Waals surface area contributed by atoms with Gasteiger partial charge in [0.25, 0.3) is 5.91 Å². The first-order valence-electron chi connectivity index (χ1n) is 7.81. The Morgan fingerprint density at radius 3 is 2.50 bits per heavy atom. The molecule has 0 aromatic heterocycles. The van der Waals surface area contributed by atoms with Gasteiger partial charge < -0.3 is 19.5 Å². The van der Waals surface area contributed by atoms with Gasteiger partial charge in [0.15, 0.2) is 11.5 Å². The predicted molar refractivity (Wildman–Crippen MR) is 93.2 cm³/mol. The number of aryl methyl sites for hydroxylation is 1. The number of hydrogen-bond donors (Lipinski definition) is 1. The van der Waals surface area contributed by atoms with E-state index in [4.69, 9.17) is 14.2 Å². The van der Waals surface area contributed by atoms with Gasteiger partial charge in [-0.2, -0.15) is 0 Å². The van der Waals surface area contributed by atoms with Crippen LogP contribution in [-0.4, -0.2) is 33.8 Å². The molecule has 0 fully saturated rings. The van der Waals surface area contributed by atoms with Crippen LogP contribution in [0.25, 0.3) is 0 Å². The molecule has 0 bridgehead atoms. The molecule has 2 aromatic carbocycles. The maximum absolute atomic E-state index is 12.3. The SMILES string of the molecule is COc1cccc(CCCNC(=O)c2cccc(OC)c2OC)c1. The second kappa shape index (κ2) is 8.82. The van der Waals surface area contributed by atoms with Crippen LogP contribution in [-0.2, 0) is 6.42 Å². The van der Waals surface area contributed by atoms with E-state index in [9.17, 15) is 4.79 Å². The highest BCUT2D eigenvalue weighted by Crippen LogP contribution is 2.30. The van der Waals surface area contributed by atoms with E-state index < -0.39 is 0 Å². The van der Waals surface area contributed by atoms with Crippen LogP contribution in [0.3, 0.4) is 0 Å². The van der Waals surface area contributed by atoms with Gasteiger partial charge in [0.1, 0.15) is 5.75 Å². The molecule has 0 radical (unpaired) electrons. The average molecular weight is 329 g/mol. The molecule has 0 spiro atoms. The highest BCUT2D eigenvalue weighted by Gasteiger charge is 2.15. The standard InChI is InChI=1S/C19H23NO4/c1-22-15-9-4-7-14(13-15)8-6-12-20-19(21)16-10-5-11-17(23-2)18(16)24-3/h4-5,7,9-11,13H,6,8,12H2,1-3H3,(H,20,21). The number of benzene rings is 2. The summed E-state index contributed by atoms with van der Waals surface area (Å²) >= 11 is 0. The molecule has 0 atom stereocenters. The Morgan fingerprint density at radius 2 is 1.79 bits per heavy atom. The third-order valence-electron chi connectivity index (χ3n) is 3.71. The first-order chi connectivity index (χ1) is 11.7. The molecular weight excluding hydrogens is 306 g/mol. The van der Waals surface area contributed by atoms with Crippen molar-refractivity contribution in [1.29, 1.82) is 0 Å². The predicted octanol–water partition coefficient (Wildman–Crippen LogP) is 3.08. The third-order valence-corrected chi connectivity index (χ3v) is 3.71. The molecule has 2 aromatic rings. The van der Waals surface area contributed by atoms with E-state index in [0.717, 1.165) is 18.6 Å². The third kappa shape index (κ3) is 4.41. The molecule has 0 saturated heterocycles. The van der Waals surface area contributed by atoms with Crippen LogP contribution in [0.15, 0.2) is 42.5 Å². The van der Waals surface area contributed by atoms with Crippen molar-refractivity contribution in [1.82, 2.24) is 5.32 Å². The zero-order chi connectivity index (χ0) is 17.4. The molecule has 0 unspecified atom stereocenters. The van der Waals surface area contributed by atoms with Crippen molar-refractivity contribution in [3.05, 3.63) is 53.6 Å². The Kier molecular flexibility index (Phi) is 6.49. The Hall–Kier alpha value is -2.69. The second-order valence-corrected chi connectivity index (χ2v) is 5.25. The van der Waals surface area contributed by atoms with E-state index in [0.29, 0.717) is 23.6 Å². The van der Waals surface area contributed by atoms with E-state index in [1.807, 2.05) is 18.2 Å². The number of carbonyl (C=O) groups excluding carboxylic acids is 1. The van der Waals surface area contributed by atoms with Crippen molar-refractivity contribution in [2.24, 2.45) is 0 Å². The summed E-state index contributed by atoms with van der Waals surface area (Å²) in [5, 5.41) is 2.92. The zero-order valence-corrected chi connectivity index (χ0v) is 14.3.